The Labute approximate surface area is 212 Å². The highest BCUT2D eigenvalue weighted by Gasteiger charge is 2.50. The Bertz CT molecular complexity index is 1290. The van der Waals surface area contributed by atoms with Crippen LogP contribution in [0.1, 0.15) is 44.6 Å². The molecule has 190 valence electrons. The molecule has 1 N–H and O–H groups in total. The van der Waals surface area contributed by atoms with E-state index in [2.05, 4.69) is 28.9 Å². The molecular formula is C30H36N2O4. The number of aromatic nitrogens is 1. The van der Waals surface area contributed by atoms with Crippen LogP contribution in [0, 0.1) is 17.3 Å². The Kier molecular flexibility index (Phi) is 6.78. The first-order valence-corrected chi connectivity index (χ1v) is 13.1. The Morgan fingerprint density at radius 2 is 1.72 bits per heavy atom. The Morgan fingerprint density at radius 3 is 2.33 bits per heavy atom. The summed E-state index contributed by atoms with van der Waals surface area (Å²) in [5.74, 6) is 2.85. The lowest BCUT2D eigenvalue weighted by Gasteiger charge is -2.50. The molecule has 1 aliphatic heterocycles. The van der Waals surface area contributed by atoms with Crippen LogP contribution in [0.4, 0.5) is 5.82 Å². The van der Waals surface area contributed by atoms with Gasteiger partial charge in [0, 0.05) is 24.4 Å². The fourth-order valence-electron chi connectivity index (χ4n) is 6.26. The number of hydrogen-bond donors (Lipinski definition) is 1. The maximum Gasteiger partial charge on any atom is 0.257 e. The topological polar surface area (TPSA) is 71.6 Å². The largest absolute Gasteiger partial charge is 0.493 e. The van der Waals surface area contributed by atoms with Gasteiger partial charge in [0.05, 0.1) is 19.6 Å². The highest BCUT2D eigenvalue weighted by Crippen LogP contribution is 2.51. The van der Waals surface area contributed by atoms with Gasteiger partial charge >= 0.3 is 0 Å². The van der Waals surface area contributed by atoms with Crippen LogP contribution in [-0.4, -0.2) is 38.1 Å². The molecule has 5 rings (SSSR count). The first-order valence-electron chi connectivity index (χ1n) is 13.1. The minimum absolute atomic E-state index is 0.00229. The van der Waals surface area contributed by atoms with Crippen molar-refractivity contribution in [1.29, 1.82) is 0 Å². The van der Waals surface area contributed by atoms with Gasteiger partial charge in [0.1, 0.15) is 11.6 Å². The molecule has 36 heavy (non-hydrogen) atoms. The predicted molar refractivity (Wildman–Crippen MR) is 143 cm³/mol. The van der Waals surface area contributed by atoms with Crippen molar-refractivity contribution in [3.05, 3.63) is 64.4 Å². The lowest BCUT2D eigenvalue weighted by atomic mass is 9.57. The maximum absolute atomic E-state index is 14.0. The Morgan fingerprint density at radius 1 is 1.06 bits per heavy atom. The summed E-state index contributed by atoms with van der Waals surface area (Å²) < 4.78 is 10.8. The van der Waals surface area contributed by atoms with Gasteiger partial charge in [-0.3, -0.25) is 9.59 Å². The van der Waals surface area contributed by atoms with Crippen molar-refractivity contribution in [2.75, 3.05) is 32.2 Å². The predicted octanol–water partition coefficient (Wildman–Crippen LogP) is 5.38. The number of aromatic amines is 1. The normalized spacial score (nSPS) is 18.5. The van der Waals surface area contributed by atoms with E-state index >= 15 is 0 Å². The zero-order valence-corrected chi connectivity index (χ0v) is 21.5. The van der Waals surface area contributed by atoms with E-state index in [0.717, 1.165) is 56.4 Å². The second kappa shape index (κ2) is 10.00. The second-order valence-electron chi connectivity index (χ2n) is 10.5. The van der Waals surface area contributed by atoms with Gasteiger partial charge in [-0.25, -0.2) is 0 Å². The fraction of sp³-hybridized carbons (Fsp3) is 0.467. The lowest BCUT2D eigenvalue weighted by molar-refractivity contribution is -0.140. The van der Waals surface area contributed by atoms with Crippen molar-refractivity contribution in [1.82, 2.24) is 4.98 Å². The molecule has 2 heterocycles. The summed E-state index contributed by atoms with van der Waals surface area (Å²) in [6.45, 7) is 3.62. The summed E-state index contributed by atoms with van der Waals surface area (Å²) >= 11 is 0. The summed E-state index contributed by atoms with van der Waals surface area (Å²) in [5, 5.41) is 1.39. The quantitative estimate of drug-likeness (QED) is 0.461. The van der Waals surface area contributed by atoms with Gasteiger partial charge in [-0.2, -0.15) is 0 Å². The molecule has 2 aliphatic rings. The van der Waals surface area contributed by atoms with E-state index in [1.54, 1.807) is 20.3 Å². The number of benzene rings is 2. The minimum atomic E-state index is -0.253. The fourth-order valence-corrected chi connectivity index (χ4v) is 6.26. The molecule has 1 aromatic heterocycles. The summed E-state index contributed by atoms with van der Waals surface area (Å²) in [7, 11) is 3.16. The lowest BCUT2D eigenvalue weighted by Crippen LogP contribution is -2.52. The van der Waals surface area contributed by atoms with Crippen LogP contribution in [0.2, 0.25) is 0 Å². The number of rotatable bonds is 8. The smallest absolute Gasteiger partial charge is 0.257 e. The van der Waals surface area contributed by atoms with Gasteiger partial charge in [-0.05, 0) is 67.2 Å². The van der Waals surface area contributed by atoms with Crippen LogP contribution in [0.25, 0.3) is 10.8 Å². The number of piperidine rings is 1. The second-order valence-corrected chi connectivity index (χ2v) is 10.5. The van der Waals surface area contributed by atoms with E-state index in [0.29, 0.717) is 28.6 Å². The Balaban J connectivity index is 1.37. The summed E-state index contributed by atoms with van der Waals surface area (Å²) in [4.78, 5) is 32.2. The van der Waals surface area contributed by atoms with Crippen LogP contribution < -0.4 is 19.9 Å². The van der Waals surface area contributed by atoms with E-state index in [1.165, 1.54) is 12.0 Å². The van der Waals surface area contributed by atoms with Gasteiger partial charge in [0.25, 0.3) is 5.56 Å². The SMILES string of the molecule is COc1cc2cc(N3CCC(C(=O)C(C)Cc4ccccc4)(C4CCC4)CC3)[nH]c(=O)c2cc1OC. The summed E-state index contributed by atoms with van der Waals surface area (Å²) in [6, 6.07) is 15.9. The average molecular weight is 489 g/mol. The van der Waals surface area contributed by atoms with E-state index in [4.69, 9.17) is 9.47 Å². The molecule has 1 aliphatic carbocycles. The summed E-state index contributed by atoms with van der Waals surface area (Å²) in [5.41, 5.74) is 0.823. The molecule has 6 nitrogen and oxygen atoms in total. The molecule has 3 aromatic rings. The van der Waals surface area contributed by atoms with E-state index in [9.17, 15) is 9.59 Å². The molecule has 0 amide bonds. The number of H-pyrrole nitrogens is 1. The van der Waals surface area contributed by atoms with Crippen molar-refractivity contribution in [3.8, 4) is 11.5 Å². The van der Waals surface area contributed by atoms with Crippen LogP contribution in [0.15, 0.2) is 53.3 Å². The van der Waals surface area contributed by atoms with Gasteiger partial charge < -0.3 is 19.4 Å². The number of methoxy groups -OCH3 is 2. The van der Waals surface area contributed by atoms with Crippen LogP contribution in [0.3, 0.4) is 0 Å². The molecule has 1 unspecified atom stereocenters. The number of ether oxygens (including phenoxy) is 2. The molecule has 2 aromatic carbocycles. The number of anilines is 1. The van der Waals surface area contributed by atoms with Crippen LogP contribution in [-0.2, 0) is 11.2 Å². The van der Waals surface area contributed by atoms with Gasteiger partial charge in [-0.1, -0.05) is 43.7 Å². The number of pyridine rings is 1. The zero-order valence-electron chi connectivity index (χ0n) is 21.5. The number of hydrogen-bond acceptors (Lipinski definition) is 5. The van der Waals surface area contributed by atoms with Crippen molar-refractivity contribution in [3.63, 3.8) is 0 Å². The molecule has 0 spiro atoms. The van der Waals surface area contributed by atoms with Crippen molar-refractivity contribution in [2.45, 2.75) is 45.4 Å². The number of fused-ring (bicyclic) bond motifs is 1. The van der Waals surface area contributed by atoms with Crippen molar-refractivity contribution >= 4 is 22.4 Å². The standard InChI is InChI=1S/C30H36N2O4/c1-20(16-21-8-5-4-6-9-21)28(33)30(23-10-7-11-23)12-14-32(15-13-30)27-18-22-17-25(35-2)26(36-3)19-24(22)29(34)31-27/h4-6,8-9,17-20,23H,7,10-16H2,1-3H3,(H,31,34). The molecule has 0 bridgehead atoms. The van der Waals surface area contributed by atoms with Crippen molar-refractivity contribution in [2.24, 2.45) is 17.3 Å². The third-order valence-corrected chi connectivity index (χ3v) is 8.54. The van der Waals surface area contributed by atoms with Crippen molar-refractivity contribution < 1.29 is 14.3 Å². The number of ketones is 1. The molecule has 1 saturated carbocycles. The first kappa shape index (κ1) is 24.4. The minimum Gasteiger partial charge on any atom is -0.493 e. The summed E-state index contributed by atoms with van der Waals surface area (Å²) in [6.07, 6.45) is 5.99. The number of nitrogens with zero attached hydrogens (tertiary/aromatic N) is 1. The Hall–Kier alpha value is -3.28. The highest BCUT2D eigenvalue weighted by molar-refractivity contribution is 5.89. The molecule has 1 atom stereocenters. The zero-order chi connectivity index (χ0) is 25.3. The highest BCUT2D eigenvalue weighted by atomic mass is 16.5. The van der Waals surface area contributed by atoms with Gasteiger partial charge in [-0.15, -0.1) is 0 Å². The third-order valence-electron chi connectivity index (χ3n) is 8.54. The average Bonchev–Trinajstić information content (AvgIpc) is 2.87. The van der Waals surface area contributed by atoms with Crippen LogP contribution >= 0.6 is 0 Å². The molecular weight excluding hydrogens is 452 g/mol. The van der Waals surface area contributed by atoms with E-state index < -0.39 is 0 Å². The monoisotopic (exact) mass is 488 g/mol. The molecule has 0 radical (unpaired) electrons. The molecule has 1 saturated heterocycles. The number of carbonyl (C=O) groups is 1. The number of Topliss-reactive ketones (excluding diaryl/α,β-unsaturated/α-hetero) is 1. The van der Waals surface area contributed by atoms with Crippen LogP contribution in [0.5, 0.6) is 11.5 Å². The molecule has 2 fully saturated rings. The maximum atomic E-state index is 14.0. The van der Waals surface area contributed by atoms with E-state index in [-0.39, 0.29) is 16.9 Å². The number of carbonyl (C=O) groups excluding carboxylic acids is 1. The third kappa shape index (κ3) is 4.38. The number of nitrogens with one attached hydrogen (secondary N) is 1. The van der Waals surface area contributed by atoms with Gasteiger partial charge in [0.2, 0.25) is 0 Å². The van der Waals surface area contributed by atoms with Gasteiger partial charge in [0.15, 0.2) is 11.5 Å². The molecule has 6 heteroatoms. The first-order chi connectivity index (χ1) is 17.4. The van der Waals surface area contributed by atoms with E-state index in [1.807, 2.05) is 30.3 Å².